The molecule has 14 nitrogen and oxygen atoms in total. The van der Waals surface area contributed by atoms with E-state index in [1.54, 1.807) is 0 Å². The van der Waals surface area contributed by atoms with Crippen molar-refractivity contribution in [1.29, 1.82) is 0 Å². The molecular weight excluding hydrogens is 1760 g/mol. The fraction of sp³-hybridized carbons (Fsp3) is 0.0231. The summed E-state index contributed by atoms with van der Waals surface area (Å²) in [4.78, 5) is 55.5. The van der Waals surface area contributed by atoms with Gasteiger partial charge < -0.3 is 0 Å². The Hall–Kier alpha value is -19.3. The van der Waals surface area contributed by atoms with Crippen LogP contribution < -0.4 is 0 Å². The number of benzene rings is 21. The molecular formula is C130H88N14. The molecule has 0 aliphatic heterocycles. The molecule has 6 aromatic heterocycles. The van der Waals surface area contributed by atoms with E-state index in [1.165, 1.54) is 59.8 Å². The summed E-state index contributed by atoms with van der Waals surface area (Å²) in [6.07, 6.45) is 0. The molecule has 0 spiro atoms. The average molecular weight is 1850 g/mol. The van der Waals surface area contributed by atoms with Gasteiger partial charge in [-0.05, 0) is 225 Å². The number of rotatable bonds is 15. The van der Waals surface area contributed by atoms with Crippen LogP contribution in [0.15, 0.2) is 479 Å². The summed E-state index contributed by atoms with van der Waals surface area (Å²) in [5, 5.41) is 14.2. The number of hydrogen-bond donors (Lipinski definition) is 0. The number of nitrogens with zero attached hydrogens (tertiary/aromatic N) is 14. The fourth-order valence-corrected chi connectivity index (χ4v) is 19.6. The van der Waals surface area contributed by atoms with Crippen molar-refractivity contribution in [2.24, 2.45) is 0 Å². The Morgan fingerprint density at radius 2 is 0.396 bits per heavy atom. The Kier molecular flexibility index (Phi) is 22.3. The van der Waals surface area contributed by atoms with E-state index >= 15 is 0 Å². The van der Waals surface area contributed by atoms with Crippen LogP contribution in [-0.2, 0) is 0 Å². The maximum absolute atomic E-state index is 5.38. The second kappa shape index (κ2) is 37.2. The number of aromatic nitrogens is 14. The highest BCUT2D eigenvalue weighted by Gasteiger charge is 2.24. The molecule has 14 heteroatoms. The van der Waals surface area contributed by atoms with Gasteiger partial charge in [0.2, 0.25) is 0 Å². The van der Waals surface area contributed by atoms with Crippen LogP contribution in [0.4, 0.5) is 0 Å². The molecule has 0 radical (unpaired) electrons. The highest BCUT2D eigenvalue weighted by molar-refractivity contribution is 6.16. The first-order chi connectivity index (χ1) is 71.0. The second-order valence-electron chi connectivity index (χ2n) is 36.3. The number of aryl methyl sites for hydroxylation is 3. The van der Waals surface area contributed by atoms with Crippen LogP contribution in [0.2, 0.25) is 0 Å². The third kappa shape index (κ3) is 16.7. The first kappa shape index (κ1) is 86.3. The summed E-state index contributed by atoms with van der Waals surface area (Å²) in [6, 6.07) is 167. The third-order valence-corrected chi connectivity index (χ3v) is 26.9. The third-order valence-electron chi connectivity index (χ3n) is 26.9. The molecule has 0 N–H and O–H groups in total. The first-order valence-electron chi connectivity index (χ1n) is 48.3. The fourth-order valence-electron chi connectivity index (χ4n) is 19.6. The van der Waals surface area contributed by atoms with Gasteiger partial charge in [0.1, 0.15) is 17.5 Å². The number of fused-ring (bicyclic) bond motifs is 11. The van der Waals surface area contributed by atoms with E-state index < -0.39 is 0 Å². The quantitative estimate of drug-likeness (QED) is 0.0900. The van der Waals surface area contributed by atoms with Crippen molar-refractivity contribution in [3.63, 3.8) is 0 Å². The van der Waals surface area contributed by atoms with Gasteiger partial charge in [-0.2, -0.15) is 0 Å². The Bertz CT molecular complexity index is 9280. The molecule has 0 atom stereocenters. The lowest BCUT2D eigenvalue weighted by Gasteiger charge is -2.15. The van der Waals surface area contributed by atoms with Crippen molar-refractivity contribution in [3.8, 4) is 153 Å². The Morgan fingerprint density at radius 1 is 0.153 bits per heavy atom. The van der Waals surface area contributed by atoms with Gasteiger partial charge in [-0.15, -0.1) is 0 Å². The minimum Gasteiger partial charge on any atom is -0.292 e. The highest BCUT2D eigenvalue weighted by Crippen LogP contribution is 2.43. The minimum absolute atomic E-state index is 0.622. The summed E-state index contributed by atoms with van der Waals surface area (Å²) >= 11 is 0. The molecule has 0 saturated heterocycles. The largest absolute Gasteiger partial charge is 0.292 e. The molecule has 6 heterocycles. The first-order valence-corrected chi connectivity index (χ1v) is 48.3. The van der Waals surface area contributed by atoms with E-state index in [2.05, 4.69) is 435 Å². The zero-order valence-electron chi connectivity index (χ0n) is 78.9. The van der Waals surface area contributed by atoms with Crippen LogP contribution >= 0.6 is 0 Å². The number of para-hydroxylation sites is 6. The molecule has 27 rings (SSSR count). The maximum atomic E-state index is 5.38. The molecule has 21 aromatic carbocycles. The molecule has 0 bridgehead atoms. The van der Waals surface area contributed by atoms with Gasteiger partial charge >= 0.3 is 0 Å². The number of imidazole rings is 3. The van der Waals surface area contributed by atoms with Crippen molar-refractivity contribution in [2.75, 3.05) is 0 Å². The van der Waals surface area contributed by atoms with Crippen molar-refractivity contribution in [1.82, 2.24) is 68.5 Å². The van der Waals surface area contributed by atoms with E-state index in [0.717, 1.165) is 167 Å². The van der Waals surface area contributed by atoms with Crippen LogP contribution in [0.3, 0.4) is 0 Å². The Balaban J connectivity index is 0.000000115. The van der Waals surface area contributed by atoms with Gasteiger partial charge in [0, 0.05) is 83.8 Å². The Labute approximate surface area is 830 Å². The van der Waals surface area contributed by atoms with Crippen LogP contribution in [0.1, 0.15) is 16.7 Å². The van der Waals surface area contributed by atoms with E-state index in [9.17, 15) is 0 Å². The zero-order chi connectivity index (χ0) is 96.1. The van der Waals surface area contributed by atoms with Crippen LogP contribution in [0, 0.1) is 20.8 Å². The predicted octanol–water partition coefficient (Wildman–Crippen LogP) is 32.1. The van der Waals surface area contributed by atoms with Crippen molar-refractivity contribution in [3.05, 3.63) is 496 Å². The van der Waals surface area contributed by atoms with Crippen molar-refractivity contribution >= 4 is 97.7 Å². The molecule has 0 amide bonds. The molecule has 144 heavy (non-hydrogen) atoms. The van der Waals surface area contributed by atoms with Crippen molar-refractivity contribution < 1.29 is 0 Å². The smallest absolute Gasteiger partial charge is 0.164 e. The molecule has 0 fully saturated rings. The monoisotopic (exact) mass is 1840 g/mol. The summed E-state index contributed by atoms with van der Waals surface area (Å²) in [6.45, 7) is 6.31. The van der Waals surface area contributed by atoms with Gasteiger partial charge in [0.15, 0.2) is 40.8 Å². The maximum Gasteiger partial charge on any atom is 0.164 e. The lowest BCUT2D eigenvalue weighted by molar-refractivity contribution is 1.07. The molecule has 0 aliphatic carbocycles. The minimum atomic E-state index is 0.622. The van der Waals surface area contributed by atoms with Crippen LogP contribution in [0.25, 0.3) is 251 Å². The normalized spacial score (nSPS) is 11.4. The molecule has 0 unspecified atom stereocenters. The zero-order valence-corrected chi connectivity index (χ0v) is 78.9. The Morgan fingerprint density at radius 3 is 0.729 bits per heavy atom. The van der Waals surface area contributed by atoms with E-state index in [4.69, 9.17) is 54.8 Å². The van der Waals surface area contributed by atoms with Gasteiger partial charge in [0.05, 0.1) is 44.5 Å². The van der Waals surface area contributed by atoms with E-state index in [-0.39, 0.29) is 0 Å². The van der Waals surface area contributed by atoms with Gasteiger partial charge in [-0.25, -0.2) is 54.8 Å². The molecule has 27 aromatic rings. The molecule has 0 aliphatic rings. The lowest BCUT2D eigenvalue weighted by atomic mass is 9.93. The van der Waals surface area contributed by atoms with Crippen molar-refractivity contribution in [2.45, 2.75) is 20.8 Å². The molecule has 0 saturated carbocycles. The summed E-state index contributed by atoms with van der Waals surface area (Å²) in [5.41, 5.74) is 26.5. The summed E-state index contributed by atoms with van der Waals surface area (Å²) in [7, 11) is 0. The van der Waals surface area contributed by atoms with Gasteiger partial charge in [-0.3, -0.25) is 13.7 Å². The lowest BCUT2D eigenvalue weighted by Crippen LogP contribution is -2.01. The second-order valence-corrected chi connectivity index (χ2v) is 36.3. The summed E-state index contributed by atoms with van der Waals surface area (Å²) < 4.78 is 6.68. The van der Waals surface area contributed by atoms with E-state index in [1.807, 2.05) is 78.9 Å². The SMILES string of the molecule is Cc1ccc(-c2nc3ccccc3n2-c2ccc(-c3nc(-c4cc5ccccc5c5ccccc45)cc(-c4cc5ccccc5c5ccccc45)n3)cc2)cc1.Cc1ccc(-c2nc3ccccc3n2-c2ccc(-c3nc(-c4ccc5ccccc5c4)nc(-c4ccc5ccccc5c4)n3)cc2)cc1.Cc1ccc(-c2nc3ccccc3n2-c2ccc(-c3nc(-c4ccccc4)nc(-c4ccccc4)n3)cc2)cc1. The summed E-state index contributed by atoms with van der Waals surface area (Å²) in [5.74, 6) is 7.23. The topological polar surface area (TPSA) is 157 Å². The predicted molar refractivity (Wildman–Crippen MR) is 590 cm³/mol. The van der Waals surface area contributed by atoms with Gasteiger partial charge in [0.25, 0.3) is 0 Å². The highest BCUT2D eigenvalue weighted by atomic mass is 15.1. The number of hydrogen-bond acceptors (Lipinski definition) is 11. The van der Waals surface area contributed by atoms with Crippen LogP contribution in [-0.4, -0.2) is 68.5 Å². The van der Waals surface area contributed by atoms with Crippen LogP contribution in [0.5, 0.6) is 0 Å². The average Bonchev–Trinajstić information content (AvgIpc) is 1.25. The van der Waals surface area contributed by atoms with Gasteiger partial charge in [-0.1, -0.05) is 356 Å². The standard InChI is InChI=1S/C52H34N4.C43H29N5.C35H25N5/c1-33-22-24-35(25-23-33)52-55-47-20-10-11-21-50(47)56(52)38-28-26-34(27-29-38)51-53-48(45-30-36-12-2-4-14-39(36)41-16-6-8-18-43(41)45)32-49(54-51)46-31-37-13-3-5-15-40(37)42-17-7-9-19-44(42)46;1-28-14-16-32(17-15-28)43-44-38-12-6-7-13-39(38)48(43)37-24-22-31(23-25-37)40-45-41(35-20-18-29-8-2-4-10-33(29)26-35)47-42(46-40)36-21-19-30-9-3-5-11-34(30)27-36;1-24-16-18-28(19-17-24)35-36-30-14-8-9-15-31(30)40(35)29-22-20-27(21-23-29)34-38-32(25-10-4-2-5-11-25)37-33(39-34)26-12-6-3-7-13-26/h2-32H,1H3;2-27H,1H3;2-23H,1H3. The molecule has 678 valence electrons. The van der Waals surface area contributed by atoms with E-state index in [0.29, 0.717) is 40.8 Å².